The minimum Gasteiger partial charge on any atom is -0.312 e. The van der Waals surface area contributed by atoms with Gasteiger partial charge in [-0.2, -0.15) is 0 Å². The maximum atomic E-state index is 3.42. The maximum absolute atomic E-state index is 3.42. The van der Waals surface area contributed by atoms with Crippen LogP contribution >= 0.6 is 11.3 Å². The number of thiophene rings is 1. The molecule has 0 fully saturated rings. The van der Waals surface area contributed by atoms with Crippen LogP contribution in [0, 0.1) is 5.41 Å². The van der Waals surface area contributed by atoms with Gasteiger partial charge < -0.3 is 5.32 Å². The summed E-state index contributed by atoms with van der Waals surface area (Å²) < 4.78 is 0. The maximum Gasteiger partial charge on any atom is 0.0417 e. The van der Waals surface area contributed by atoms with Crippen LogP contribution in [0.4, 0.5) is 0 Å². The van der Waals surface area contributed by atoms with E-state index in [2.05, 4.69) is 52.2 Å². The molecule has 0 saturated heterocycles. The van der Waals surface area contributed by atoms with Crippen LogP contribution in [-0.4, -0.2) is 7.05 Å². The fourth-order valence-electron chi connectivity index (χ4n) is 1.73. The second-order valence-corrected chi connectivity index (χ2v) is 6.46. The first kappa shape index (κ1) is 12.7. The second-order valence-electron chi connectivity index (χ2n) is 5.26. The molecule has 1 N–H and O–H groups in total. The van der Waals surface area contributed by atoms with Crippen LogP contribution in [0.25, 0.3) is 0 Å². The van der Waals surface area contributed by atoms with E-state index in [4.69, 9.17) is 0 Å². The molecule has 1 nitrogen and oxygen atoms in total. The van der Waals surface area contributed by atoms with Gasteiger partial charge in [-0.3, -0.25) is 0 Å². The summed E-state index contributed by atoms with van der Waals surface area (Å²) >= 11 is 1.94. The monoisotopic (exact) mass is 225 g/mol. The average molecular weight is 225 g/mol. The number of hydrogen-bond acceptors (Lipinski definition) is 2. The first-order valence-electron chi connectivity index (χ1n) is 5.72. The summed E-state index contributed by atoms with van der Waals surface area (Å²) in [4.78, 5) is 2.96. The van der Waals surface area contributed by atoms with E-state index in [0.29, 0.717) is 11.5 Å². The lowest BCUT2D eigenvalue weighted by Gasteiger charge is -2.24. The first-order chi connectivity index (χ1) is 6.96. The summed E-state index contributed by atoms with van der Waals surface area (Å²) in [5.74, 6) is 0. The van der Waals surface area contributed by atoms with E-state index in [0.717, 1.165) is 6.42 Å². The van der Waals surface area contributed by atoms with E-state index in [-0.39, 0.29) is 0 Å². The van der Waals surface area contributed by atoms with Crippen LogP contribution < -0.4 is 5.32 Å². The molecule has 15 heavy (non-hydrogen) atoms. The van der Waals surface area contributed by atoms with Gasteiger partial charge in [-0.1, -0.05) is 27.7 Å². The van der Waals surface area contributed by atoms with E-state index in [1.54, 1.807) is 0 Å². The van der Waals surface area contributed by atoms with Gasteiger partial charge in [-0.05, 0) is 37.4 Å². The normalized spacial score (nSPS) is 14.2. The van der Waals surface area contributed by atoms with Gasteiger partial charge in [-0.15, -0.1) is 11.3 Å². The molecule has 0 aromatic carbocycles. The van der Waals surface area contributed by atoms with Gasteiger partial charge in [0.05, 0.1) is 0 Å². The van der Waals surface area contributed by atoms with Gasteiger partial charge in [-0.25, -0.2) is 0 Å². The lowest BCUT2D eigenvalue weighted by atomic mass is 9.87. The predicted molar refractivity (Wildman–Crippen MR) is 69.6 cm³/mol. The van der Waals surface area contributed by atoms with E-state index in [9.17, 15) is 0 Å². The second kappa shape index (κ2) is 5.13. The predicted octanol–water partition coefficient (Wildman–Crippen LogP) is 4.01. The number of aryl methyl sites for hydroxylation is 1. The van der Waals surface area contributed by atoms with E-state index in [1.165, 1.54) is 16.2 Å². The topological polar surface area (TPSA) is 12.0 Å². The Morgan fingerprint density at radius 3 is 2.40 bits per heavy atom. The standard InChI is InChI=1S/C13H23NS/c1-6-10-7-8-12(15-10)11(14-5)9-13(2,3)4/h7-8,11,14H,6,9H2,1-5H3. The lowest BCUT2D eigenvalue weighted by Crippen LogP contribution is -2.21. The van der Waals surface area contributed by atoms with Crippen molar-refractivity contribution in [2.75, 3.05) is 7.05 Å². The van der Waals surface area contributed by atoms with Crippen LogP contribution in [0.3, 0.4) is 0 Å². The van der Waals surface area contributed by atoms with Crippen molar-refractivity contribution in [3.8, 4) is 0 Å². The summed E-state index contributed by atoms with van der Waals surface area (Å²) in [5, 5.41) is 3.42. The third-order valence-corrected chi connectivity index (χ3v) is 3.88. The molecule has 2 heteroatoms. The molecule has 0 aliphatic heterocycles. The zero-order valence-corrected chi connectivity index (χ0v) is 11.4. The molecule has 86 valence electrons. The molecule has 1 unspecified atom stereocenters. The first-order valence-corrected chi connectivity index (χ1v) is 6.54. The molecular formula is C13H23NS. The Hall–Kier alpha value is -0.340. The fourth-order valence-corrected chi connectivity index (χ4v) is 2.79. The van der Waals surface area contributed by atoms with Gasteiger partial charge in [0.15, 0.2) is 0 Å². The number of nitrogens with one attached hydrogen (secondary N) is 1. The molecule has 1 atom stereocenters. The largest absolute Gasteiger partial charge is 0.312 e. The molecule has 0 spiro atoms. The molecule has 1 heterocycles. The highest BCUT2D eigenvalue weighted by Crippen LogP contribution is 2.32. The van der Waals surface area contributed by atoms with Gasteiger partial charge in [0.25, 0.3) is 0 Å². The van der Waals surface area contributed by atoms with Crippen LogP contribution in [-0.2, 0) is 6.42 Å². The van der Waals surface area contributed by atoms with Crippen molar-refractivity contribution >= 4 is 11.3 Å². The van der Waals surface area contributed by atoms with Crippen molar-refractivity contribution < 1.29 is 0 Å². The SMILES string of the molecule is CCc1ccc(C(CC(C)(C)C)NC)s1. The van der Waals surface area contributed by atoms with Crippen LogP contribution in [0.2, 0.25) is 0 Å². The molecule has 0 saturated carbocycles. The summed E-state index contributed by atoms with van der Waals surface area (Å²) in [6.07, 6.45) is 2.34. The Labute approximate surface area is 97.9 Å². The Morgan fingerprint density at radius 1 is 1.33 bits per heavy atom. The van der Waals surface area contributed by atoms with Crippen molar-refractivity contribution in [1.82, 2.24) is 5.32 Å². The summed E-state index contributed by atoms with van der Waals surface area (Å²) in [7, 11) is 2.06. The summed E-state index contributed by atoms with van der Waals surface area (Å²) in [5.41, 5.74) is 0.379. The zero-order valence-electron chi connectivity index (χ0n) is 10.6. The van der Waals surface area contributed by atoms with Crippen molar-refractivity contribution in [1.29, 1.82) is 0 Å². The third kappa shape index (κ3) is 3.96. The molecule has 0 radical (unpaired) electrons. The average Bonchev–Trinajstić information content (AvgIpc) is 2.60. The Kier molecular flexibility index (Phi) is 4.35. The zero-order chi connectivity index (χ0) is 11.5. The van der Waals surface area contributed by atoms with Gasteiger partial charge >= 0.3 is 0 Å². The smallest absolute Gasteiger partial charge is 0.0417 e. The molecule has 0 aliphatic rings. The lowest BCUT2D eigenvalue weighted by molar-refractivity contribution is 0.323. The van der Waals surface area contributed by atoms with Crippen LogP contribution in [0.15, 0.2) is 12.1 Å². The minimum absolute atomic E-state index is 0.379. The number of rotatable bonds is 4. The van der Waals surface area contributed by atoms with Crippen molar-refractivity contribution in [2.24, 2.45) is 5.41 Å². The van der Waals surface area contributed by atoms with E-state index in [1.807, 2.05) is 11.3 Å². The molecule has 0 amide bonds. The van der Waals surface area contributed by atoms with Crippen molar-refractivity contribution in [3.63, 3.8) is 0 Å². The summed E-state index contributed by atoms with van der Waals surface area (Å²) in [6.45, 7) is 9.11. The van der Waals surface area contributed by atoms with Crippen molar-refractivity contribution in [2.45, 2.75) is 46.6 Å². The highest BCUT2D eigenvalue weighted by molar-refractivity contribution is 7.12. The molecule has 1 aromatic rings. The van der Waals surface area contributed by atoms with Gasteiger partial charge in [0.1, 0.15) is 0 Å². The van der Waals surface area contributed by atoms with E-state index < -0.39 is 0 Å². The highest BCUT2D eigenvalue weighted by Gasteiger charge is 2.19. The van der Waals surface area contributed by atoms with Gasteiger partial charge in [0, 0.05) is 15.8 Å². The molecular weight excluding hydrogens is 202 g/mol. The Balaban J connectivity index is 2.74. The molecule has 1 aromatic heterocycles. The Bertz CT molecular complexity index is 296. The molecule has 1 rings (SSSR count). The molecule has 0 bridgehead atoms. The Morgan fingerprint density at radius 2 is 2.00 bits per heavy atom. The molecule has 0 aliphatic carbocycles. The fraction of sp³-hybridized carbons (Fsp3) is 0.692. The van der Waals surface area contributed by atoms with Crippen molar-refractivity contribution in [3.05, 3.63) is 21.9 Å². The summed E-state index contributed by atoms with van der Waals surface area (Å²) in [6, 6.07) is 5.04. The quantitative estimate of drug-likeness (QED) is 0.816. The van der Waals surface area contributed by atoms with Crippen LogP contribution in [0.5, 0.6) is 0 Å². The highest BCUT2D eigenvalue weighted by atomic mass is 32.1. The van der Waals surface area contributed by atoms with Gasteiger partial charge in [0.2, 0.25) is 0 Å². The third-order valence-electron chi connectivity index (χ3n) is 2.54. The number of hydrogen-bond donors (Lipinski definition) is 1. The minimum atomic E-state index is 0.379. The van der Waals surface area contributed by atoms with E-state index >= 15 is 0 Å². The van der Waals surface area contributed by atoms with Crippen LogP contribution in [0.1, 0.15) is 49.9 Å².